The van der Waals surface area contributed by atoms with Crippen LogP contribution in [0.5, 0.6) is 0 Å². The highest BCUT2D eigenvalue weighted by atomic mass is 16.1. The molecule has 2 saturated heterocycles. The number of rotatable bonds is 8. The van der Waals surface area contributed by atoms with Crippen LogP contribution in [0.2, 0.25) is 0 Å². The molecule has 3 rings (SSSR count). The predicted molar refractivity (Wildman–Crippen MR) is 122 cm³/mol. The van der Waals surface area contributed by atoms with Crippen molar-refractivity contribution in [3.63, 3.8) is 0 Å². The third-order valence-corrected chi connectivity index (χ3v) is 6.31. The summed E-state index contributed by atoms with van der Waals surface area (Å²) in [6, 6.07) is 10.7. The van der Waals surface area contributed by atoms with Crippen molar-refractivity contribution in [1.82, 2.24) is 20.0 Å². The molecule has 1 aromatic rings. The number of piperidine rings is 1. The summed E-state index contributed by atoms with van der Waals surface area (Å²) in [6.07, 6.45) is 4.12. The van der Waals surface area contributed by atoms with Gasteiger partial charge in [-0.25, -0.2) is 0 Å². The van der Waals surface area contributed by atoms with Crippen LogP contribution >= 0.6 is 0 Å². The van der Waals surface area contributed by atoms with E-state index in [1.807, 2.05) is 7.05 Å². The lowest BCUT2D eigenvalue weighted by molar-refractivity contribution is -0.123. The van der Waals surface area contributed by atoms with Crippen molar-refractivity contribution in [2.75, 3.05) is 59.4 Å². The Morgan fingerprint density at radius 3 is 2.37 bits per heavy atom. The SMILES string of the molecule is CN=C(NCCCCN1CCC(C(N)=O)CC1)N1CCN(Cc2ccccc2)CC1. The molecule has 30 heavy (non-hydrogen) atoms. The van der Waals surface area contributed by atoms with Gasteiger partial charge in [-0.3, -0.25) is 14.7 Å². The van der Waals surface area contributed by atoms with E-state index in [0.717, 1.165) is 90.5 Å². The number of unbranched alkanes of at least 4 members (excludes halogenated alkanes) is 1. The Morgan fingerprint density at radius 1 is 1.03 bits per heavy atom. The molecule has 0 bridgehead atoms. The molecule has 2 fully saturated rings. The minimum Gasteiger partial charge on any atom is -0.369 e. The maximum atomic E-state index is 11.3. The number of nitrogens with two attached hydrogens (primary N) is 1. The van der Waals surface area contributed by atoms with E-state index in [1.165, 1.54) is 5.56 Å². The van der Waals surface area contributed by atoms with Gasteiger partial charge in [0.25, 0.3) is 0 Å². The standard InChI is InChI=1S/C23H38N6O/c1-25-23(26-11-5-6-12-27-13-9-21(10-14-27)22(24)30)29-17-15-28(16-18-29)19-20-7-3-2-4-8-20/h2-4,7-8,21H,5-6,9-19H2,1H3,(H2,24,30)(H,25,26). The fourth-order valence-electron chi connectivity index (χ4n) is 4.39. The molecule has 1 amide bonds. The minimum absolute atomic E-state index is 0.0828. The minimum atomic E-state index is -0.133. The summed E-state index contributed by atoms with van der Waals surface area (Å²) in [6.45, 7) is 9.23. The molecule has 7 heteroatoms. The van der Waals surface area contributed by atoms with Crippen molar-refractivity contribution < 1.29 is 4.79 Å². The molecule has 0 aliphatic carbocycles. The molecule has 2 aliphatic rings. The van der Waals surface area contributed by atoms with E-state index < -0.39 is 0 Å². The van der Waals surface area contributed by atoms with Gasteiger partial charge in [-0.1, -0.05) is 30.3 Å². The van der Waals surface area contributed by atoms with E-state index in [-0.39, 0.29) is 11.8 Å². The van der Waals surface area contributed by atoms with E-state index >= 15 is 0 Å². The number of nitrogens with zero attached hydrogens (tertiary/aromatic N) is 4. The van der Waals surface area contributed by atoms with Crippen LogP contribution in [0.15, 0.2) is 35.3 Å². The predicted octanol–water partition coefficient (Wildman–Crippen LogP) is 1.36. The normalized spacial score (nSPS) is 19.8. The van der Waals surface area contributed by atoms with Gasteiger partial charge in [-0.05, 0) is 50.9 Å². The number of hydrogen-bond acceptors (Lipinski definition) is 4. The smallest absolute Gasteiger partial charge is 0.220 e. The molecule has 3 N–H and O–H groups in total. The van der Waals surface area contributed by atoms with Crippen molar-refractivity contribution >= 4 is 11.9 Å². The van der Waals surface area contributed by atoms with Crippen LogP contribution in [-0.4, -0.2) is 86.0 Å². The first-order valence-corrected chi connectivity index (χ1v) is 11.4. The van der Waals surface area contributed by atoms with Gasteiger partial charge in [-0.15, -0.1) is 0 Å². The second-order valence-corrected chi connectivity index (χ2v) is 8.45. The van der Waals surface area contributed by atoms with E-state index in [1.54, 1.807) is 0 Å². The second-order valence-electron chi connectivity index (χ2n) is 8.45. The van der Waals surface area contributed by atoms with Gasteiger partial charge >= 0.3 is 0 Å². The third-order valence-electron chi connectivity index (χ3n) is 6.31. The zero-order chi connectivity index (χ0) is 21.2. The average Bonchev–Trinajstić information content (AvgIpc) is 2.78. The molecule has 0 unspecified atom stereocenters. The summed E-state index contributed by atoms with van der Waals surface area (Å²) in [4.78, 5) is 23.1. The number of amides is 1. The Morgan fingerprint density at radius 2 is 1.73 bits per heavy atom. The molecule has 0 spiro atoms. The molecule has 7 nitrogen and oxygen atoms in total. The van der Waals surface area contributed by atoms with E-state index in [0.29, 0.717) is 0 Å². The number of nitrogens with one attached hydrogen (secondary N) is 1. The zero-order valence-electron chi connectivity index (χ0n) is 18.4. The summed E-state index contributed by atoms with van der Waals surface area (Å²) >= 11 is 0. The van der Waals surface area contributed by atoms with Crippen molar-refractivity contribution in [1.29, 1.82) is 0 Å². The molecule has 0 saturated carbocycles. The molecule has 2 heterocycles. The highest BCUT2D eigenvalue weighted by molar-refractivity contribution is 5.80. The Balaban J connectivity index is 1.28. The second kappa shape index (κ2) is 11.9. The lowest BCUT2D eigenvalue weighted by Gasteiger charge is -2.36. The van der Waals surface area contributed by atoms with Crippen molar-refractivity contribution in [2.24, 2.45) is 16.6 Å². The van der Waals surface area contributed by atoms with E-state index in [4.69, 9.17) is 5.73 Å². The number of primary amides is 1. The lowest BCUT2D eigenvalue weighted by atomic mass is 9.96. The van der Waals surface area contributed by atoms with Gasteiger partial charge in [0.15, 0.2) is 5.96 Å². The van der Waals surface area contributed by atoms with Crippen LogP contribution in [0, 0.1) is 5.92 Å². The first kappa shape index (κ1) is 22.6. The topological polar surface area (TPSA) is 77.2 Å². The number of hydrogen-bond donors (Lipinski definition) is 2. The highest BCUT2D eigenvalue weighted by Crippen LogP contribution is 2.16. The largest absolute Gasteiger partial charge is 0.369 e. The molecule has 1 aromatic carbocycles. The van der Waals surface area contributed by atoms with E-state index in [9.17, 15) is 4.79 Å². The Kier molecular flexibility index (Phi) is 8.96. The van der Waals surface area contributed by atoms with Crippen molar-refractivity contribution in [3.05, 3.63) is 35.9 Å². The first-order chi connectivity index (χ1) is 14.7. The number of carbonyl (C=O) groups is 1. The number of piperazine rings is 1. The number of benzene rings is 1. The molecular weight excluding hydrogens is 376 g/mol. The summed E-state index contributed by atoms with van der Waals surface area (Å²) in [5, 5.41) is 3.54. The van der Waals surface area contributed by atoms with Gasteiger partial charge in [0.2, 0.25) is 5.91 Å². The first-order valence-electron chi connectivity index (χ1n) is 11.4. The maximum absolute atomic E-state index is 11.3. The number of carbonyl (C=O) groups excluding carboxylic acids is 1. The molecular formula is C23H38N6O. The quantitative estimate of drug-likeness (QED) is 0.382. The summed E-state index contributed by atoms with van der Waals surface area (Å²) in [5.41, 5.74) is 6.80. The summed E-state index contributed by atoms with van der Waals surface area (Å²) in [5.74, 6) is 0.974. The Hall–Kier alpha value is -2.12. The number of guanidine groups is 1. The third kappa shape index (κ3) is 6.99. The number of aliphatic imine (C=N–C) groups is 1. The monoisotopic (exact) mass is 414 g/mol. The average molecular weight is 415 g/mol. The van der Waals surface area contributed by atoms with E-state index in [2.05, 4.69) is 55.3 Å². The molecule has 166 valence electrons. The van der Waals surface area contributed by atoms with Gasteiger partial charge in [0.05, 0.1) is 0 Å². The van der Waals surface area contributed by atoms with Crippen LogP contribution in [0.4, 0.5) is 0 Å². The zero-order valence-corrected chi connectivity index (χ0v) is 18.4. The fourth-order valence-corrected chi connectivity index (χ4v) is 4.39. The number of likely N-dealkylation sites (tertiary alicyclic amines) is 1. The molecule has 2 aliphatic heterocycles. The highest BCUT2D eigenvalue weighted by Gasteiger charge is 2.22. The van der Waals surface area contributed by atoms with Gasteiger partial charge in [0.1, 0.15) is 0 Å². The Bertz CT molecular complexity index is 664. The van der Waals surface area contributed by atoms with Crippen molar-refractivity contribution in [2.45, 2.75) is 32.2 Å². The van der Waals surface area contributed by atoms with Gasteiger partial charge < -0.3 is 20.9 Å². The molecule has 0 aromatic heterocycles. The summed E-state index contributed by atoms with van der Waals surface area (Å²) in [7, 11) is 1.88. The fraction of sp³-hybridized carbons (Fsp3) is 0.652. The van der Waals surface area contributed by atoms with Crippen molar-refractivity contribution in [3.8, 4) is 0 Å². The van der Waals surface area contributed by atoms with Crippen LogP contribution in [0.3, 0.4) is 0 Å². The molecule has 0 radical (unpaired) electrons. The Labute approximate surface area is 181 Å². The lowest BCUT2D eigenvalue weighted by Crippen LogP contribution is -2.52. The maximum Gasteiger partial charge on any atom is 0.220 e. The van der Waals surface area contributed by atoms with Crippen LogP contribution < -0.4 is 11.1 Å². The van der Waals surface area contributed by atoms with Crippen LogP contribution in [0.25, 0.3) is 0 Å². The van der Waals surface area contributed by atoms with Crippen LogP contribution in [-0.2, 0) is 11.3 Å². The van der Waals surface area contributed by atoms with Gasteiger partial charge in [0, 0.05) is 52.2 Å². The summed E-state index contributed by atoms with van der Waals surface area (Å²) < 4.78 is 0. The van der Waals surface area contributed by atoms with Gasteiger partial charge in [-0.2, -0.15) is 0 Å². The van der Waals surface area contributed by atoms with Crippen LogP contribution in [0.1, 0.15) is 31.2 Å². The molecule has 0 atom stereocenters.